The van der Waals surface area contributed by atoms with Gasteiger partial charge in [-0.15, -0.1) is 0 Å². The first kappa shape index (κ1) is 17.4. The summed E-state index contributed by atoms with van der Waals surface area (Å²) in [6, 6.07) is 0.650. The van der Waals surface area contributed by atoms with E-state index in [9.17, 15) is 4.79 Å². The third-order valence-corrected chi connectivity index (χ3v) is 4.47. The maximum atomic E-state index is 12.1. The molecule has 0 aliphatic carbocycles. The van der Waals surface area contributed by atoms with Gasteiger partial charge in [-0.1, -0.05) is 33.1 Å². The Morgan fingerprint density at radius 3 is 2.85 bits per heavy atom. The maximum absolute atomic E-state index is 12.1. The van der Waals surface area contributed by atoms with Gasteiger partial charge < -0.3 is 11.1 Å². The Bertz CT molecular complexity index is 283. The van der Waals surface area contributed by atoms with Crippen molar-refractivity contribution in [1.82, 2.24) is 10.2 Å². The van der Waals surface area contributed by atoms with E-state index in [4.69, 9.17) is 5.73 Å². The summed E-state index contributed by atoms with van der Waals surface area (Å²) in [6.45, 7) is 8.71. The first-order valence-corrected chi connectivity index (χ1v) is 8.32. The van der Waals surface area contributed by atoms with Crippen LogP contribution in [0.25, 0.3) is 0 Å². The van der Waals surface area contributed by atoms with Gasteiger partial charge in [-0.2, -0.15) is 0 Å². The normalized spacial score (nSPS) is 25.4. The van der Waals surface area contributed by atoms with E-state index in [-0.39, 0.29) is 11.9 Å². The Morgan fingerprint density at radius 2 is 2.20 bits per heavy atom. The smallest absolute Gasteiger partial charge is 0.234 e. The summed E-state index contributed by atoms with van der Waals surface area (Å²) in [5, 5.41) is 3.12. The van der Waals surface area contributed by atoms with Crippen molar-refractivity contribution in [3.8, 4) is 0 Å². The van der Waals surface area contributed by atoms with Crippen molar-refractivity contribution in [3.63, 3.8) is 0 Å². The second kappa shape index (κ2) is 9.35. The molecule has 1 saturated heterocycles. The Labute approximate surface area is 124 Å². The molecule has 0 bridgehead atoms. The van der Waals surface area contributed by atoms with Gasteiger partial charge in [0.05, 0.1) is 6.54 Å². The minimum absolute atomic E-state index is 0.154. The number of nitrogens with two attached hydrogens (primary N) is 1. The van der Waals surface area contributed by atoms with Gasteiger partial charge in [0.15, 0.2) is 0 Å². The Hall–Kier alpha value is -0.610. The minimum atomic E-state index is 0.154. The van der Waals surface area contributed by atoms with Crippen LogP contribution >= 0.6 is 0 Å². The molecular weight excluding hydrogens is 250 g/mol. The van der Waals surface area contributed by atoms with Gasteiger partial charge in [0.1, 0.15) is 0 Å². The molecule has 118 valence electrons. The largest absolute Gasteiger partial charge is 0.353 e. The molecule has 3 unspecified atom stereocenters. The van der Waals surface area contributed by atoms with Crippen molar-refractivity contribution in [2.45, 2.75) is 71.4 Å². The summed E-state index contributed by atoms with van der Waals surface area (Å²) in [4.78, 5) is 14.4. The lowest BCUT2D eigenvalue weighted by molar-refractivity contribution is -0.124. The number of nitrogens with one attached hydrogen (secondary N) is 1. The van der Waals surface area contributed by atoms with Crippen LogP contribution in [0.1, 0.15) is 59.3 Å². The van der Waals surface area contributed by atoms with Gasteiger partial charge in [0.25, 0.3) is 0 Å². The second-order valence-corrected chi connectivity index (χ2v) is 6.36. The van der Waals surface area contributed by atoms with Crippen LogP contribution in [0.3, 0.4) is 0 Å². The molecule has 1 amide bonds. The highest BCUT2D eigenvalue weighted by Crippen LogP contribution is 2.22. The van der Waals surface area contributed by atoms with E-state index in [1.807, 2.05) is 0 Å². The Kier molecular flexibility index (Phi) is 8.15. The number of likely N-dealkylation sites (tertiary alicyclic amines) is 1. The van der Waals surface area contributed by atoms with Crippen LogP contribution in [0.5, 0.6) is 0 Å². The molecule has 4 nitrogen and oxygen atoms in total. The van der Waals surface area contributed by atoms with Gasteiger partial charge in [-0.05, 0) is 38.6 Å². The molecule has 3 atom stereocenters. The molecule has 0 aromatic heterocycles. The monoisotopic (exact) mass is 283 g/mol. The number of piperidine rings is 1. The molecule has 1 fully saturated rings. The standard InChI is InChI=1S/C16H33N3O/c1-4-5-6-9-14(3)18-16(20)12-19-10-7-8-13(2)15(19)11-17/h13-15H,4-12,17H2,1-3H3,(H,18,20). The minimum Gasteiger partial charge on any atom is -0.353 e. The lowest BCUT2D eigenvalue weighted by Gasteiger charge is -2.39. The van der Waals surface area contributed by atoms with Crippen molar-refractivity contribution < 1.29 is 4.79 Å². The molecule has 0 saturated carbocycles. The Balaban J connectivity index is 2.33. The molecular formula is C16H33N3O. The number of nitrogens with zero attached hydrogens (tertiary/aromatic N) is 1. The maximum Gasteiger partial charge on any atom is 0.234 e. The van der Waals surface area contributed by atoms with Gasteiger partial charge >= 0.3 is 0 Å². The first-order chi connectivity index (χ1) is 9.58. The van der Waals surface area contributed by atoms with Crippen LogP contribution in [-0.2, 0) is 4.79 Å². The molecule has 1 heterocycles. The number of hydrogen-bond acceptors (Lipinski definition) is 3. The molecule has 4 heteroatoms. The third kappa shape index (κ3) is 5.80. The number of hydrogen-bond donors (Lipinski definition) is 2. The molecule has 3 N–H and O–H groups in total. The van der Waals surface area contributed by atoms with Crippen LogP contribution in [-0.4, -0.2) is 42.5 Å². The number of carbonyl (C=O) groups is 1. The zero-order valence-electron chi connectivity index (χ0n) is 13.5. The van der Waals surface area contributed by atoms with Crippen molar-refractivity contribution in [3.05, 3.63) is 0 Å². The Morgan fingerprint density at radius 1 is 1.45 bits per heavy atom. The quantitative estimate of drug-likeness (QED) is 0.671. The predicted molar refractivity (Wildman–Crippen MR) is 84.6 cm³/mol. The summed E-state index contributed by atoms with van der Waals surface area (Å²) in [7, 11) is 0. The third-order valence-electron chi connectivity index (χ3n) is 4.47. The summed E-state index contributed by atoms with van der Waals surface area (Å²) in [5.41, 5.74) is 5.87. The number of rotatable bonds is 8. The number of unbranched alkanes of at least 4 members (excludes halogenated alkanes) is 2. The zero-order chi connectivity index (χ0) is 15.0. The van der Waals surface area contributed by atoms with Crippen molar-refractivity contribution in [2.24, 2.45) is 11.7 Å². The molecule has 1 rings (SSSR count). The first-order valence-electron chi connectivity index (χ1n) is 8.32. The lowest BCUT2D eigenvalue weighted by Crippen LogP contribution is -2.52. The van der Waals surface area contributed by atoms with Crippen LogP contribution in [0.4, 0.5) is 0 Å². The molecule has 1 aliphatic rings. The summed E-state index contributed by atoms with van der Waals surface area (Å²) < 4.78 is 0. The van der Waals surface area contributed by atoms with Crippen LogP contribution in [0, 0.1) is 5.92 Å². The number of carbonyl (C=O) groups excluding carboxylic acids is 1. The molecule has 1 aliphatic heterocycles. The lowest BCUT2D eigenvalue weighted by atomic mass is 9.91. The predicted octanol–water partition coefficient (Wildman–Crippen LogP) is 2.13. The SMILES string of the molecule is CCCCCC(C)NC(=O)CN1CCCC(C)C1CN. The molecule has 0 aromatic carbocycles. The highest BCUT2D eigenvalue weighted by molar-refractivity contribution is 5.78. The topological polar surface area (TPSA) is 58.4 Å². The second-order valence-electron chi connectivity index (χ2n) is 6.36. The van der Waals surface area contributed by atoms with Crippen LogP contribution in [0.2, 0.25) is 0 Å². The van der Waals surface area contributed by atoms with E-state index in [1.165, 1.54) is 32.1 Å². The van der Waals surface area contributed by atoms with E-state index in [2.05, 4.69) is 31.0 Å². The van der Waals surface area contributed by atoms with E-state index in [1.54, 1.807) is 0 Å². The van der Waals surface area contributed by atoms with Crippen molar-refractivity contribution >= 4 is 5.91 Å². The zero-order valence-corrected chi connectivity index (χ0v) is 13.5. The summed E-state index contributed by atoms with van der Waals surface area (Å²) in [5.74, 6) is 0.755. The van der Waals surface area contributed by atoms with Gasteiger partial charge in [-0.25, -0.2) is 0 Å². The fraction of sp³-hybridized carbons (Fsp3) is 0.938. The van der Waals surface area contributed by atoms with E-state index >= 15 is 0 Å². The fourth-order valence-electron chi connectivity index (χ4n) is 3.19. The average molecular weight is 283 g/mol. The molecule has 0 radical (unpaired) electrons. The van der Waals surface area contributed by atoms with Crippen molar-refractivity contribution in [1.29, 1.82) is 0 Å². The molecule has 20 heavy (non-hydrogen) atoms. The van der Waals surface area contributed by atoms with Gasteiger partial charge in [-0.3, -0.25) is 9.69 Å². The highest BCUT2D eigenvalue weighted by atomic mass is 16.2. The van der Waals surface area contributed by atoms with E-state index in [0.717, 1.165) is 13.0 Å². The number of amides is 1. The highest BCUT2D eigenvalue weighted by Gasteiger charge is 2.28. The fourth-order valence-corrected chi connectivity index (χ4v) is 3.19. The van der Waals surface area contributed by atoms with Crippen molar-refractivity contribution in [2.75, 3.05) is 19.6 Å². The van der Waals surface area contributed by atoms with E-state index < -0.39 is 0 Å². The molecule has 0 aromatic rings. The summed E-state index contributed by atoms with van der Waals surface area (Å²) >= 11 is 0. The van der Waals surface area contributed by atoms with E-state index in [0.29, 0.717) is 25.0 Å². The van der Waals surface area contributed by atoms with Crippen LogP contribution in [0.15, 0.2) is 0 Å². The van der Waals surface area contributed by atoms with Crippen LogP contribution < -0.4 is 11.1 Å². The molecule has 0 spiro atoms. The van der Waals surface area contributed by atoms with Gasteiger partial charge in [0, 0.05) is 18.6 Å². The average Bonchev–Trinajstić information content (AvgIpc) is 2.39. The van der Waals surface area contributed by atoms with Gasteiger partial charge in [0.2, 0.25) is 5.91 Å². The summed E-state index contributed by atoms with van der Waals surface area (Å²) in [6.07, 6.45) is 7.16.